The molecule has 0 heterocycles. The Hall–Kier alpha value is -1.26. The number of phenols is 1. The summed E-state index contributed by atoms with van der Waals surface area (Å²) in [5.74, 6) is 1.02. The van der Waals surface area contributed by atoms with Crippen LogP contribution in [0.5, 0.6) is 11.5 Å². The third-order valence-corrected chi connectivity index (χ3v) is 3.22. The van der Waals surface area contributed by atoms with E-state index in [1.165, 1.54) is 0 Å². The van der Waals surface area contributed by atoms with Gasteiger partial charge in [0.25, 0.3) is 0 Å². The molecule has 0 unspecified atom stereocenters. The number of aliphatic hydroxyl groups excluding tert-OH is 1. The molecule has 4 nitrogen and oxygen atoms in total. The van der Waals surface area contributed by atoms with Crippen molar-refractivity contribution in [2.45, 2.75) is 33.2 Å². The number of benzene rings is 1. The van der Waals surface area contributed by atoms with Crippen LogP contribution in [0.3, 0.4) is 0 Å². The summed E-state index contributed by atoms with van der Waals surface area (Å²) in [7, 11) is 1.61. The largest absolute Gasteiger partial charge is 0.508 e. The highest BCUT2D eigenvalue weighted by Gasteiger charge is 2.16. The highest BCUT2D eigenvalue weighted by atomic mass is 16.5. The zero-order chi connectivity index (χ0) is 14.3. The summed E-state index contributed by atoms with van der Waals surface area (Å²) < 4.78 is 5.14. The van der Waals surface area contributed by atoms with E-state index >= 15 is 0 Å². The van der Waals surface area contributed by atoms with Crippen molar-refractivity contribution in [2.75, 3.05) is 20.3 Å². The van der Waals surface area contributed by atoms with E-state index < -0.39 is 0 Å². The zero-order valence-electron chi connectivity index (χ0n) is 12.1. The number of rotatable bonds is 8. The fraction of sp³-hybridized carbons (Fsp3) is 0.600. The monoisotopic (exact) mass is 267 g/mol. The smallest absolute Gasteiger partial charge is 0.120 e. The van der Waals surface area contributed by atoms with Crippen LogP contribution in [0.2, 0.25) is 0 Å². The van der Waals surface area contributed by atoms with Crippen molar-refractivity contribution in [1.29, 1.82) is 0 Å². The molecule has 0 bridgehead atoms. The second kappa shape index (κ2) is 7.36. The van der Waals surface area contributed by atoms with Crippen molar-refractivity contribution in [3.8, 4) is 11.5 Å². The van der Waals surface area contributed by atoms with E-state index in [0.29, 0.717) is 6.54 Å². The molecule has 3 N–H and O–H groups in total. The van der Waals surface area contributed by atoms with E-state index in [0.717, 1.165) is 30.7 Å². The first-order valence-corrected chi connectivity index (χ1v) is 6.66. The predicted molar refractivity (Wildman–Crippen MR) is 76.5 cm³/mol. The van der Waals surface area contributed by atoms with Crippen LogP contribution < -0.4 is 10.1 Å². The van der Waals surface area contributed by atoms with Gasteiger partial charge in [-0.2, -0.15) is 0 Å². The summed E-state index contributed by atoms with van der Waals surface area (Å²) >= 11 is 0. The predicted octanol–water partition coefficient (Wildman–Crippen LogP) is 2.29. The lowest BCUT2D eigenvalue weighted by Gasteiger charge is -2.24. The maximum atomic E-state index is 9.77. The van der Waals surface area contributed by atoms with E-state index in [1.807, 2.05) is 6.07 Å². The van der Waals surface area contributed by atoms with Gasteiger partial charge in [0.05, 0.1) is 7.11 Å². The van der Waals surface area contributed by atoms with Crippen molar-refractivity contribution in [3.63, 3.8) is 0 Å². The average molecular weight is 267 g/mol. The van der Waals surface area contributed by atoms with Crippen LogP contribution >= 0.6 is 0 Å². The minimum Gasteiger partial charge on any atom is -0.508 e. The SMILES string of the molecule is COc1ccc(O)c(CNCC(C)(C)CCCO)c1. The summed E-state index contributed by atoms with van der Waals surface area (Å²) in [6, 6.07) is 5.22. The van der Waals surface area contributed by atoms with E-state index in [1.54, 1.807) is 19.2 Å². The molecule has 0 saturated carbocycles. The summed E-state index contributed by atoms with van der Waals surface area (Å²) in [5, 5.41) is 22.0. The molecule has 0 radical (unpaired) electrons. The Kier molecular flexibility index (Phi) is 6.12. The molecule has 0 aromatic heterocycles. The van der Waals surface area contributed by atoms with Gasteiger partial charge in [0.2, 0.25) is 0 Å². The lowest BCUT2D eigenvalue weighted by Crippen LogP contribution is -2.29. The number of phenolic OH excluding ortho intramolecular Hbond substituents is 1. The molecule has 0 fully saturated rings. The molecule has 108 valence electrons. The standard InChI is InChI=1S/C15H25NO3/c1-15(2,7-4-8-17)11-16-10-12-9-13(19-3)5-6-14(12)18/h5-6,9,16-18H,4,7-8,10-11H2,1-3H3. The summed E-state index contributed by atoms with van der Waals surface area (Å²) in [6.45, 7) is 6.01. The molecule has 4 heteroatoms. The first kappa shape index (κ1) is 15.8. The fourth-order valence-electron chi connectivity index (χ4n) is 2.01. The third kappa shape index (κ3) is 5.49. The Labute approximate surface area is 115 Å². The molecule has 0 amide bonds. The fourth-order valence-corrected chi connectivity index (χ4v) is 2.01. The Bertz CT molecular complexity index is 391. The van der Waals surface area contributed by atoms with Gasteiger partial charge >= 0.3 is 0 Å². The number of ether oxygens (including phenoxy) is 1. The number of aliphatic hydroxyl groups is 1. The molecule has 0 aliphatic rings. The van der Waals surface area contributed by atoms with E-state index in [9.17, 15) is 5.11 Å². The van der Waals surface area contributed by atoms with Crippen LogP contribution in [0.1, 0.15) is 32.3 Å². The molecule has 0 saturated heterocycles. The first-order valence-electron chi connectivity index (χ1n) is 6.66. The maximum Gasteiger partial charge on any atom is 0.120 e. The first-order chi connectivity index (χ1) is 8.98. The molecular weight excluding hydrogens is 242 g/mol. The molecule has 1 aromatic carbocycles. The van der Waals surface area contributed by atoms with Crippen molar-refractivity contribution in [3.05, 3.63) is 23.8 Å². The van der Waals surface area contributed by atoms with Gasteiger partial charge in [0.1, 0.15) is 11.5 Å². The lowest BCUT2D eigenvalue weighted by molar-refractivity contribution is 0.236. The number of nitrogens with one attached hydrogen (secondary N) is 1. The quantitative estimate of drug-likeness (QED) is 0.676. The van der Waals surface area contributed by atoms with Crippen molar-refractivity contribution < 1.29 is 14.9 Å². The van der Waals surface area contributed by atoms with Crippen LogP contribution in [-0.2, 0) is 6.54 Å². The van der Waals surface area contributed by atoms with Gasteiger partial charge in [-0.25, -0.2) is 0 Å². The Balaban J connectivity index is 2.48. The van der Waals surface area contributed by atoms with Gasteiger partial charge in [-0.15, -0.1) is 0 Å². The Morgan fingerprint density at radius 1 is 1.32 bits per heavy atom. The van der Waals surface area contributed by atoms with Gasteiger partial charge in [-0.05, 0) is 36.5 Å². The van der Waals surface area contributed by atoms with E-state index in [4.69, 9.17) is 9.84 Å². The lowest BCUT2D eigenvalue weighted by atomic mass is 9.88. The second-order valence-corrected chi connectivity index (χ2v) is 5.59. The van der Waals surface area contributed by atoms with Crippen LogP contribution in [-0.4, -0.2) is 30.5 Å². The molecular formula is C15H25NO3. The second-order valence-electron chi connectivity index (χ2n) is 5.59. The maximum absolute atomic E-state index is 9.77. The van der Waals surface area contributed by atoms with Gasteiger partial charge in [-0.1, -0.05) is 13.8 Å². The number of aromatic hydroxyl groups is 1. The molecule has 1 aromatic rings. The highest BCUT2D eigenvalue weighted by Crippen LogP contribution is 2.24. The molecule has 0 atom stereocenters. The minimum absolute atomic E-state index is 0.136. The van der Waals surface area contributed by atoms with Crippen molar-refractivity contribution >= 4 is 0 Å². The van der Waals surface area contributed by atoms with Gasteiger partial charge in [0, 0.05) is 25.3 Å². The van der Waals surface area contributed by atoms with Gasteiger partial charge < -0.3 is 20.3 Å². The van der Waals surface area contributed by atoms with Crippen LogP contribution in [0.15, 0.2) is 18.2 Å². The van der Waals surface area contributed by atoms with Crippen molar-refractivity contribution in [2.24, 2.45) is 5.41 Å². The average Bonchev–Trinajstić information content (AvgIpc) is 2.38. The van der Waals surface area contributed by atoms with Gasteiger partial charge in [-0.3, -0.25) is 0 Å². The van der Waals surface area contributed by atoms with E-state index in [-0.39, 0.29) is 17.8 Å². The topological polar surface area (TPSA) is 61.7 Å². The Morgan fingerprint density at radius 3 is 2.68 bits per heavy atom. The molecule has 0 aliphatic heterocycles. The number of methoxy groups -OCH3 is 1. The number of hydrogen-bond acceptors (Lipinski definition) is 4. The Morgan fingerprint density at radius 2 is 2.05 bits per heavy atom. The van der Waals surface area contributed by atoms with Crippen molar-refractivity contribution in [1.82, 2.24) is 5.32 Å². The zero-order valence-corrected chi connectivity index (χ0v) is 12.1. The highest BCUT2D eigenvalue weighted by molar-refractivity contribution is 5.39. The molecule has 1 rings (SSSR count). The molecule has 0 spiro atoms. The number of hydrogen-bond donors (Lipinski definition) is 3. The van der Waals surface area contributed by atoms with Gasteiger partial charge in [0.15, 0.2) is 0 Å². The third-order valence-electron chi connectivity index (χ3n) is 3.22. The molecule has 19 heavy (non-hydrogen) atoms. The normalized spacial score (nSPS) is 11.6. The van der Waals surface area contributed by atoms with Crippen LogP contribution in [0.4, 0.5) is 0 Å². The minimum atomic E-state index is 0.136. The van der Waals surface area contributed by atoms with Crippen LogP contribution in [0, 0.1) is 5.41 Å². The summed E-state index contributed by atoms with van der Waals surface area (Å²) in [5.41, 5.74) is 0.967. The summed E-state index contributed by atoms with van der Waals surface area (Å²) in [6.07, 6.45) is 1.79. The molecule has 0 aliphatic carbocycles. The summed E-state index contributed by atoms with van der Waals surface area (Å²) in [4.78, 5) is 0. The van der Waals surface area contributed by atoms with E-state index in [2.05, 4.69) is 19.2 Å². The van der Waals surface area contributed by atoms with Crippen LogP contribution in [0.25, 0.3) is 0 Å².